The summed E-state index contributed by atoms with van der Waals surface area (Å²) >= 11 is 0. The number of imide groups is 1. The molecular weight excluding hydrogens is 408 g/mol. The molecular formula is C25H26N2O5. The van der Waals surface area contributed by atoms with Crippen molar-refractivity contribution in [1.29, 1.82) is 0 Å². The quantitative estimate of drug-likeness (QED) is 0.544. The molecule has 0 spiro atoms. The molecule has 0 N–H and O–H groups in total. The maximum absolute atomic E-state index is 13.2. The first kappa shape index (κ1) is 20.7. The number of carbonyl (C=O) groups excluding carboxylic acids is 3. The Kier molecular flexibility index (Phi) is 4.82. The number of hydrogen-bond donors (Lipinski definition) is 0. The maximum atomic E-state index is 13.2. The molecule has 3 saturated heterocycles. The molecule has 7 heteroatoms. The number of rotatable bonds is 4. The van der Waals surface area contributed by atoms with E-state index in [0.29, 0.717) is 18.7 Å². The van der Waals surface area contributed by atoms with E-state index in [0.717, 1.165) is 23.1 Å². The van der Waals surface area contributed by atoms with E-state index in [4.69, 9.17) is 9.47 Å². The third kappa shape index (κ3) is 2.60. The van der Waals surface area contributed by atoms with Crippen LogP contribution in [0.15, 0.2) is 48.5 Å². The zero-order valence-electron chi connectivity index (χ0n) is 18.4. The molecule has 3 unspecified atom stereocenters. The lowest BCUT2D eigenvalue weighted by atomic mass is 9.77. The van der Waals surface area contributed by atoms with Crippen LogP contribution in [-0.4, -0.2) is 60.9 Å². The highest BCUT2D eigenvalue weighted by atomic mass is 16.5. The fourth-order valence-corrected chi connectivity index (χ4v) is 6.09. The molecule has 2 aromatic carbocycles. The summed E-state index contributed by atoms with van der Waals surface area (Å²) in [4.78, 5) is 42.7. The molecule has 3 aliphatic heterocycles. The molecule has 3 fully saturated rings. The van der Waals surface area contributed by atoms with E-state index < -0.39 is 29.4 Å². The van der Waals surface area contributed by atoms with Crippen LogP contribution in [0.4, 0.5) is 0 Å². The molecule has 32 heavy (non-hydrogen) atoms. The molecule has 3 heterocycles. The lowest BCUT2D eigenvalue weighted by Crippen LogP contribution is -2.54. The molecule has 2 aromatic rings. The number of esters is 1. The Balaban J connectivity index is 1.65. The third-order valence-electron chi connectivity index (χ3n) is 7.42. The van der Waals surface area contributed by atoms with Gasteiger partial charge in [-0.3, -0.25) is 24.2 Å². The van der Waals surface area contributed by atoms with E-state index in [1.165, 1.54) is 19.1 Å². The largest absolute Gasteiger partial charge is 0.496 e. The number of amides is 2. The van der Waals surface area contributed by atoms with Gasteiger partial charge in [0.05, 0.1) is 26.1 Å². The number of methoxy groups -OCH3 is 2. The highest BCUT2D eigenvalue weighted by molar-refractivity contribution is 6.09. The average molecular weight is 434 g/mol. The van der Waals surface area contributed by atoms with Gasteiger partial charge in [-0.15, -0.1) is 0 Å². The van der Waals surface area contributed by atoms with Crippen LogP contribution in [0, 0.1) is 11.8 Å². The molecule has 0 aromatic heterocycles. The van der Waals surface area contributed by atoms with Gasteiger partial charge in [-0.2, -0.15) is 0 Å². The molecule has 0 radical (unpaired) electrons. The van der Waals surface area contributed by atoms with Crippen LogP contribution >= 0.6 is 0 Å². The number of likely N-dealkylation sites (tertiary alicyclic amines) is 1. The van der Waals surface area contributed by atoms with Crippen molar-refractivity contribution in [2.24, 2.45) is 11.8 Å². The Morgan fingerprint density at radius 2 is 1.81 bits per heavy atom. The number of hydrogen-bond acceptors (Lipinski definition) is 6. The van der Waals surface area contributed by atoms with E-state index in [9.17, 15) is 14.4 Å². The highest BCUT2D eigenvalue weighted by Crippen LogP contribution is 2.59. The van der Waals surface area contributed by atoms with E-state index in [2.05, 4.69) is 0 Å². The number of ether oxygens (including phenoxy) is 2. The lowest BCUT2D eigenvalue weighted by Gasteiger charge is -2.35. The van der Waals surface area contributed by atoms with Gasteiger partial charge < -0.3 is 9.47 Å². The Hall–Kier alpha value is -3.19. The minimum absolute atomic E-state index is 0.242. The predicted molar refractivity (Wildman–Crippen MR) is 117 cm³/mol. The first-order valence-electron chi connectivity index (χ1n) is 10.9. The van der Waals surface area contributed by atoms with Gasteiger partial charge in [0.1, 0.15) is 11.3 Å². The number of carbonyl (C=O) groups is 3. The van der Waals surface area contributed by atoms with Crippen molar-refractivity contribution in [3.8, 4) is 16.9 Å². The summed E-state index contributed by atoms with van der Waals surface area (Å²) in [5, 5.41) is 0. The molecule has 0 saturated carbocycles. The fourth-order valence-electron chi connectivity index (χ4n) is 6.09. The van der Waals surface area contributed by atoms with Crippen molar-refractivity contribution >= 4 is 17.8 Å². The van der Waals surface area contributed by atoms with Crippen LogP contribution in [0.3, 0.4) is 0 Å². The van der Waals surface area contributed by atoms with Crippen molar-refractivity contribution in [3.63, 3.8) is 0 Å². The van der Waals surface area contributed by atoms with Gasteiger partial charge in [0.15, 0.2) is 0 Å². The smallest absolute Gasteiger partial charge is 0.327 e. The summed E-state index contributed by atoms with van der Waals surface area (Å²) in [5.74, 6) is -1.65. The molecule has 7 nitrogen and oxygen atoms in total. The summed E-state index contributed by atoms with van der Waals surface area (Å²) in [7, 11) is 4.47. The Morgan fingerprint density at radius 1 is 1.06 bits per heavy atom. The van der Waals surface area contributed by atoms with E-state index >= 15 is 0 Å². The van der Waals surface area contributed by atoms with Gasteiger partial charge in [-0.05, 0) is 36.6 Å². The summed E-state index contributed by atoms with van der Waals surface area (Å²) in [6, 6.07) is 15.4. The second-order valence-electron chi connectivity index (χ2n) is 8.72. The Morgan fingerprint density at radius 3 is 2.50 bits per heavy atom. The van der Waals surface area contributed by atoms with E-state index in [1.54, 1.807) is 7.11 Å². The van der Waals surface area contributed by atoms with Crippen molar-refractivity contribution in [2.45, 2.75) is 24.4 Å². The minimum Gasteiger partial charge on any atom is -0.496 e. The van der Waals surface area contributed by atoms with Crippen molar-refractivity contribution in [1.82, 2.24) is 9.80 Å². The number of nitrogens with zero attached hydrogens (tertiary/aromatic N) is 2. The second-order valence-corrected chi connectivity index (χ2v) is 8.72. The first-order valence-corrected chi connectivity index (χ1v) is 10.9. The van der Waals surface area contributed by atoms with Gasteiger partial charge in [-0.1, -0.05) is 42.5 Å². The van der Waals surface area contributed by atoms with Crippen LogP contribution in [0.25, 0.3) is 11.1 Å². The molecule has 3 aliphatic rings. The van der Waals surface area contributed by atoms with Crippen molar-refractivity contribution in [3.05, 3.63) is 54.1 Å². The Bertz CT molecular complexity index is 1100. The zero-order chi connectivity index (χ0) is 22.6. The zero-order valence-corrected chi connectivity index (χ0v) is 18.4. The summed E-state index contributed by atoms with van der Waals surface area (Å²) in [6.07, 6.45) is 1.27. The molecule has 4 atom stereocenters. The van der Waals surface area contributed by atoms with Gasteiger partial charge in [0, 0.05) is 18.7 Å². The summed E-state index contributed by atoms with van der Waals surface area (Å²) in [6.45, 7) is 0.625. The SMILES string of the molecule is COC(=O)[C@@]12CCCN1C(c1ccc(-c3ccccc3)c(OC)c1)C1C(=O)N(C)C(=O)C12. The van der Waals surface area contributed by atoms with Gasteiger partial charge >= 0.3 is 5.97 Å². The summed E-state index contributed by atoms with van der Waals surface area (Å²) < 4.78 is 10.9. The van der Waals surface area contributed by atoms with Crippen LogP contribution in [0.1, 0.15) is 24.4 Å². The second kappa shape index (κ2) is 7.45. The maximum Gasteiger partial charge on any atom is 0.327 e. The normalized spacial score (nSPS) is 29.2. The van der Waals surface area contributed by atoms with Crippen LogP contribution in [0.5, 0.6) is 5.75 Å². The van der Waals surface area contributed by atoms with Gasteiger partial charge in [0.2, 0.25) is 11.8 Å². The minimum atomic E-state index is -1.10. The standard InChI is InChI=1S/C25H26N2O5/c1-26-22(28)19-20(23(26)29)25(24(30)32-3)12-7-13-27(25)21(19)16-10-11-17(18(14-16)31-2)15-8-5-4-6-9-15/h4-6,8-11,14,19-21H,7,12-13H2,1-3H3/t19?,20?,21?,25-/m0/s1. The predicted octanol–water partition coefficient (Wildman–Crippen LogP) is 2.66. The van der Waals surface area contributed by atoms with Crippen LogP contribution in [-0.2, 0) is 19.1 Å². The molecule has 2 amide bonds. The van der Waals surface area contributed by atoms with Gasteiger partial charge in [-0.25, -0.2) is 0 Å². The first-order chi connectivity index (χ1) is 15.5. The molecule has 166 valence electrons. The lowest BCUT2D eigenvalue weighted by molar-refractivity contribution is -0.158. The van der Waals surface area contributed by atoms with Crippen molar-refractivity contribution in [2.75, 3.05) is 27.8 Å². The fraction of sp³-hybridized carbons (Fsp3) is 0.400. The van der Waals surface area contributed by atoms with Crippen LogP contribution in [0.2, 0.25) is 0 Å². The van der Waals surface area contributed by atoms with Crippen molar-refractivity contribution < 1.29 is 23.9 Å². The third-order valence-corrected chi connectivity index (χ3v) is 7.42. The van der Waals surface area contributed by atoms with Gasteiger partial charge in [0.25, 0.3) is 0 Å². The van der Waals surface area contributed by atoms with E-state index in [1.807, 2.05) is 53.4 Å². The summed E-state index contributed by atoms with van der Waals surface area (Å²) in [5.41, 5.74) is 1.73. The van der Waals surface area contributed by atoms with E-state index in [-0.39, 0.29) is 11.8 Å². The topological polar surface area (TPSA) is 76.2 Å². The van der Waals surface area contributed by atoms with Crippen LogP contribution < -0.4 is 4.74 Å². The molecule has 0 aliphatic carbocycles. The number of fused-ring (bicyclic) bond motifs is 3. The molecule has 0 bridgehead atoms. The Labute approximate surface area is 186 Å². The number of benzene rings is 2. The average Bonchev–Trinajstić information content (AvgIpc) is 3.44. The molecule has 5 rings (SSSR count). The highest BCUT2D eigenvalue weighted by Gasteiger charge is 2.73. The monoisotopic (exact) mass is 434 g/mol.